The molecule has 33 heavy (non-hydrogen) atoms. The molecule has 3 heteroatoms. The molecule has 0 radical (unpaired) electrons. The largest absolute Gasteiger partial charge is 0.469 e. The van der Waals surface area contributed by atoms with Crippen LogP contribution in [0.2, 0.25) is 0 Å². The van der Waals surface area contributed by atoms with Gasteiger partial charge in [-0.15, -0.1) is 0 Å². The number of Topliss-reactive ketones (excluding diaryl/α,β-unsaturated/α-hetero) is 1. The Bertz CT molecular complexity index is 900. The molecule has 0 aliphatic heterocycles. The molecule has 184 valence electrons. The Morgan fingerprint density at radius 1 is 0.970 bits per heavy atom. The molecule has 3 unspecified atom stereocenters. The molecule has 0 spiro atoms. The molecule has 0 aromatic carbocycles. The summed E-state index contributed by atoms with van der Waals surface area (Å²) in [6.07, 6.45) is 13.2. The number of carbonyl (C=O) groups excluding carboxylic acids is 2. The number of ether oxygens (including phenoxy) is 1. The van der Waals surface area contributed by atoms with Gasteiger partial charge in [0.15, 0.2) is 0 Å². The number of methoxy groups -OCH3 is 1. The lowest BCUT2D eigenvalue weighted by atomic mass is 9.34. The minimum atomic E-state index is -0.309. The van der Waals surface area contributed by atoms with Crippen LogP contribution in [0.5, 0.6) is 0 Å². The first-order valence-electron chi connectivity index (χ1n) is 13.7. The fourth-order valence-electron chi connectivity index (χ4n) is 10.5. The first-order chi connectivity index (χ1) is 15.4. The van der Waals surface area contributed by atoms with Crippen molar-refractivity contribution in [3.8, 4) is 0 Å². The first-order valence-corrected chi connectivity index (χ1v) is 13.7. The van der Waals surface area contributed by atoms with Crippen LogP contribution in [0, 0.1) is 50.7 Å². The normalized spacial score (nSPS) is 50.8. The zero-order chi connectivity index (χ0) is 24.0. The predicted molar refractivity (Wildman–Crippen MR) is 131 cm³/mol. The second-order valence-corrected chi connectivity index (χ2v) is 14.0. The van der Waals surface area contributed by atoms with Crippen LogP contribution in [0.25, 0.3) is 0 Å². The van der Waals surface area contributed by atoms with Gasteiger partial charge in [0.1, 0.15) is 5.78 Å². The average molecular weight is 455 g/mol. The maximum Gasteiger partial charge on any atom is 0.312 e. The van der Waals surface area contributed by atoms with Gasteiger partial charge < -0.3 is 4.74 Å². The molecule has 5 aliphatic rings. The standard InChI is InChI=1S/C30H46O3/c1-19-10-15-30(25(32)33-7)17-16-28(5)20(21(30)18-19)8-9-23-27(4)13-12-24(31)26(2,3)22(27)11-14-29(23,28)6/h8,19,21-23H,9-18H2,1-7H3/t19-,21-,22?,23?,27-,28-,29+,30?/m0/s1. The van der Waals surface area contributed by atoms with E-state index in [1.807, 2.05) is 0 Å². The summed E-state index contributed by atoms with van der Waals surface area (Å²) < 4.78 is 5.45. The minimum absolute atomic E-state index is 0.0397. The lowest BCUT2D eigenvalue weighted by Crippen LogP contribution is -2.64. The van der Waals surface area contributed by atoms with E-state index in [1.54, 1.807) is 12.7 Å². The van der Waals surface area contributed by atoms with Crippen LogP contribution in [0.3, 0.4) is 0 Å². The number of hydrogen-bond donors (Lipinski definition) is 0. The molecule has 0 N–H and O–H groups in total. The molecule has 3 nitrogen and oxygen atoms in total. The van der Waals surface area contributed by atoms with Crippen LogP contribution >= 0.6 is 0 Å². The van der Waals surface area contributed by atoms with Crippen molar-refractivity contribution < 1.29 is 14.3 Å². The van der Waals surface area contributed by atoms with Gasteiger partial charge in [-0.2, -0.15) is 0 Å². The van der Waals surface area contributed by atoms with E-state index in [1.165, 1.54) is 6.42 Å². The highest BCUT2D eigenvalue weighted by Crippen LogP contribution is 2.75. The molecule has 4 fully saturated rings. The van der Waals surface area contributed by atoms with Crippen LogP contribution in [-0.2, 0) is 14.3 Å². The fraction of sp³-hybridized carbons (Fsp3) is 0.867. The number of allylic oxidation sites excluding steroid dienone is 2. The molecule has 0 aromatic heterocycles. The molecule has 0 amide bonds. The van der Waals surface area contributed by atoms with Crippen molar-refractivity contribution in [2.24, 2.45) is 50.7 Å². The number of hydrogen-bond acceptors (Lipinski definition) is 3. The van der Waals surface area contributed by atoms with Crippen molar-refractivity contribution in [1.29, 1.82) is 0 Å². The SMILES string of the molecule is COC(=O)C12CC[C@H](C)C[C@H]1C1=CCC3[C@@]4(C)CCC(=O)C(C)(C)C4CC[C@@]3(C)[C@@]1(C)CC2. The molecule has 4 saturated carbocycles. The van der Waals surface area contributed by atoms with Gasteiger partial charge in [-0.1, -0.05) is 53.2 Å². The number of esters is 1. The Kier molecular flexibility index (Phi) is 5.15. The maximum atomic E-state index is 13.2. The van der Waals surface area contributed by atoms with Crippen molar-refractivity contribution in [3.05, 3.63) is 11.6 Å². The molecule has 0 bridgehead atoms. The number of ketones is 1. The Balaban J connectivity index is 1.59. The summed E-state index contributed by atoms with van der Waals surface area (Å²) in [6.45, 7) is 14.5. The van der Waals surface area contributed by atoms with Gasteiger partial charge in [-0.25, -0.2) is 0 Å². The third kappa shape index (κ3) is 2.80. The van der Waals surface area contributed by atoms with Crippen molar-refractivity contribution >= 4 is 11.8 Å². The summed E-state index contributed by atoms with van der Waals surface area (Å²) in [7, 11) is 1.58. The molecule has 5 aliphatic carbocycles. The van der Waals surface area contributed by atoms with E-state index in [9.17, 15) is 9.59 Å². The second-order valence-electron chi connectivity index (χ2n) is 14.0. The molecule has 8 atom stereocenters. The third-order valence-corrected chi connectivity index (χ3v) is 12.7. The van der Waals surface area contributed by atoms with Gasteiger partial charge in [0, 0.05) is 11.8 Å². The van der Waals surface area contributed by atoms with Gasteiger partial charge >= 0.3 is 5.97 Å². The summed E-state index contributed by atoms with van der Waals surface area (Å²) in [5, 5.41) is 0. The van der Waals surface area contributed by atoms with E-state index in [4.69, 9.17) is 4.74 Å². The topological polar surface area (TPSA) is 43.4 Å². The smallest absolute Gasteiger partial charge is 0.312 e. The Morgan fingerprint density at radius 3 is 2.39 bits per heavy atom. The first kappa shape index (κ1) is 23.6. The van der Waals surface area contributed by atoms with Crippen molar-refractivity contribution in [3.63, 3.8) is 0 Å². The number of rotatable bonds is 1. The summed E-state index contributed by atoms with van der Waals surface area (Å²) in [5.74, 6) is 2.60. The lowest BCUT2D eigenvalue weighted by Gasteiger charge is -2.70. The predicted octanol–water partition coefficient (Wildman–Crippen LogP) is 7.14. The summed E-state index contributed by atoms with van der Waals surface area (Å²) in [4.78, 5) is 26.1. The molecular weight excluding hydrogens is 408 g/mol. The Morgan fingerprint density at radius 2 is 1.70 bits per heavy atom. The number of fused-ring (bicyclic) bond motifs is 7. The van der Waals surface area contributed by atoms with E-state index in [0.29, 0.717) is 29.5 Å². The van der Waals surface area contributed by atoms with Gasteiger partial charge in [0.2, 0.25) is 0 Å². The van der Waals surface area contributed by atoms with Crippen molar-refractivity contribution in [2.75, 3.05) is 7.11 Å². The van der Waals surface area contributed by atoms with Gasteiger partial charge in [0.05, 0.1) is 12.5 Å². The summed E-state index contributed by atoms with van der Waals surface area (Å²) >= 11 is 0. The van der Waals surface area contributed by atoms with E-state index in [-0.39, 0.29) is 33.0 Å². The van der Waals surface area contributed by atoms with Crippen LogP contribution < -0.4 is 0 Å². The third-order valence-electron chi connectivity index (χ3n) is 12.7. The highest BCUT2D eigenvalue weighted by atomic mass is 16.5. The lowest BCUT2D eigenvalue weighted by molar-refractivity contribution is -0.188. The zero-order valence-corrected chi connectivity index (χ0v) is 22.2. The second kappa shape index (κ2) is 7.20. The van der Waals surface area contributed by atoms with E-state index >= 15 is 0 Å². The zero-order valence-electron chi connectivity index (χ0n) is 22.2. The molecule has 5 rings (SSSR count). The van der Waals surface area contributed by atoms with Crippen LogP contribution in [0.4, 0.5) is 0 Å². The van der Waals surface area contributed by atoms with E-state index in [0.717, 1.165) is 57.8 Å². The van der Waals surface area contributed by atoms with Crippen LogP contribution in [-0.4, -0.2) is 18.9 Å². The maximum absolute atomic E-state index is 13.2. The van der Waals surface area contributed by atoms with Crippen molar-refractivity contribution in [2.45, 2.75) is 106 Å². The highest BCUT2D eigenvalue weighted by molar-refractivity contribution is 5.85. The fourth-order valence-corrected chi connectivity index (χ4v) is 10.5. The minimum Gasteiger partial charge on any atom is -0.469 e. The molecule has 0 aromatic rings. The molecule has 0 saturated heterocycles. The summed E-state index contributed by atoms with van der Waals surface area (Å²) in [6, 6.07) is 0. The van der Waals surface area contributed by atoms with Crippen molar-refractivity contribution in [1.82, 2.24) is 0 Å². The quantitative estimate of drug-likeness (QED) is 0.312. The highest BCUT2D eigenvalue weighted by Gasteiger charge is 2.68. The van der Waals surface area contributed by atoms with Crippen LogP contribution in [0.15, 0.2) is 11.6 Å². The van der Waals surface area contributed by atoms with Gasteiger partial charge in [-0.05, 0) is 97.7 Å². The van der Waals surface area contributed by atoms with Gasteiger partial charge in [0.25, 0.3) is 0 Å². The average Bonchev–Trinajstić information content (AvgIpc) is 2.76. The summed E-state index contributed by atoms with van der Waals surface area (Å²) in [5.41, 5.74) is 1.65. The Hall–Kier alpha value is -1.12. The Labute approximate surface area is 201 Å². The monoisotopic (exact) mass is 454 g/mol. The van der Waals surface area contributed by atoms with E-state index < -0.39 is 0 Å². The van der Waals surface area contributed by atoms with Gasteiger partial charge in [-0.3, -0.25) is 9.59 Å². The molecular formula is C30H46O3. The molecule has 0 heterocycles. The van der Waals surface area contributed by atoms with Crippen LogP contribution in [0.1, 0.15) is 106 Å². The number of carbonyl (C=O) groups is 2. The van der Waals surface area contributed by atoms with E-state index in [2.05, 4.69) is 47.6 Å².